The first-order valence-electron chi connectivity index (χ1n) is 7.18. The largest absolute Gasteiger partial charge is 0.451 e. The number of non-ortho nitro benzene ring substituents is 1. The van der Waals surface area contributed by atoms with Gasteiger partial charge in [-0.3, -0.25) is 14.9 Å². The lowest BCUT2D eigenvalue weighted by molar-refractivity contribution is -0.384. The topological polar surface area (TPSA) is 103 Å². The Morgan fingerprint density at radius 2 is 2.22 bits per heavy atom. The van der Waals surface area contributed by atoms with Crippen LogP contribution in [0.4, 0.5) is 5.69 Å². The van der Waals surface area contributed by atoms with E-state index < -0.39 is 4.92 Å². The molecule has 0 aliphatic carbocycles. The Labute approximate surface area is 139 Å². The van der Waals surface area contributed by atoms with Gasteiger partial charge in [0.25, 0.3) is 11.6 Å². The summed E-state index contributed by atoms with van der Waals surface area (Å²) in [5.74, 6) is 0.326. The number of fused-ring (bicyclic) bond motifs is 1. The van der Waals surface area contributed by atoms with Gasteiger partial charge in [-0.15, -0.1) is 12.4 Å². The van der Waals surface area contributed by atoms with Gasteiger partial charge >= 0.3 is 0 Å². The Bertz CT molecular complexity index is 745. The molecule has 1 aliphatic rings. The van der Waals surface area contributed by atoms with Crippen LogP contribution >= 0.6 is 12.4 Å². The molecular formula is C15H18ClN3O4. The molecule has 2 aromatic rings. The first-order chi connectivity index (χ1) is 10.5. The van der Waals surface area contributed by atoms with E-state index in [2.05, 4.69) is 0 Å². The third-order valence-corrected chi connectivity index (χ3v) is 4.18. The number of likely N-dealkylation sites (tertiary alicyclic amines) is 1. The molecule has 23 heavy (non-hydrogen) atoms. The molecular weight excluding hydrogens is 322 g/mol. The van der Waals surface area contributed by atoms with Crippen molar-refractivity contribution in [1.29, 1.82) is 0 Å². The molecule has 0 radical (unpaired) electrons. The first-order valence-corrected chi connectivity index (χ1v) is 7.18. The monoisotopic (exact) mass is 339 g/mol. The average molecular weight is 340 g/mol. The molecule has 3 rings (SSSR count). The smallest absolute Gasteiger partial charge is 0.289 e. The van der Waals surface area contributed by atoms with Crippen molar-refractivity contribution in [2.75, 3.05) is 13.1 Å². The third-order valence-electron chi connectivity index (χ3n) is 4.18. The van der Waals surface area contributed by atoms with Gasteiger partial charge in [0, 0.05) is 30.1 Å². The van der Waals surface area contributed by atoms with Gasteiger partial charge in [0.15, 0.2) is 5.76 Å². The Morgan fingerprint density at radius 1 is 1.48 bits per heavy atom. The molecule has 8 heteroatoms. The van der Waals surface area contributed by atoms with Crippen LogP contribution in [0.15, 0.2) is 28.7 Å². The number of nitrogens with zero attached hydrogens (tertiary/aromatic N) is 2. The van der Waals surface area contributed by atoms with Crippen molar-refractivity contribution in [3.05, 3.63) is 40.1 Å². The molecule has 1 fully saturated rings. The van der Waals surface area contributed by atoms with E-state index in [4.69, 9.17) is 10.2 Å². The first kappa shape index (κ1) is 17.2. The molecule has 0 bridgehead atoms. The van der Waals surface area contributed by atoms with E-state index in [1.165, 1.54) is 18.2 Å². The highest BCUT2D eigenvalue weighted by molar-refractivity contribution is 5.96. The summed E-state index contributed by atoms with van der Waals surface area (Å²) in [6.45, 7) is 3.16. The molecule has 2 atom stereocenters. The summed E-state index contributed by atoms with van der Waals surface area (Å²) >= 11 is 0. The Morgan fingerprint density at radius 3 is 2.83 bits per heavy atom. The molecule has 2 N–H and O–H groups in total. The number of nitro benzene ring substituents is 1. The second kappa shape index (κ2) is 6.55. The van der Waals surface area contributed by atoms with Crippen LogP contribution in [0.5, 0.6) is 0 Å². The van der Waals surface area contributed by atoms with Crippen LogP contribution in [0.25, 0.3) is 11.0 Å². The summed E-state index contributed by atoms with van der Waals surface area (Å²) < 4.78 is 5.55. The van der Waals surface area contributed by atoms with Crippen molar-refractivity contribution in [1.82, 2.24) is 4.90 Å². The van der Waals surface area contributed by atoms with Gasteiger partial charge < -0.3 is 15.1 Å². The zero-order valence-corrected chi connectivity index (χ0v) is 13.4. The van der Waals surface area contributed by atoms with Crippen molar-refractivity contribution >= 4 is 35.0 Å². The summed E-state index contributed by atoms with van der Waals surface area (Å²) in [4.78, 5) is 24.6. The molecule has 1 aromatic carbocycles. The van der Waals surface area contributed by atoms with Gasteiger partial charge in [-0.1, -0.05) is 0 Å². The van der Waals surface area contributed by atoms with Crippen LogP contribution in [0.1, 0.15) is 23.9 Å². The van der Waals surface area contributed by atoms with E-state index in [0.717, 1.165) is 6.42 Å². The lowest BCUT2D eigenvalue weighted by Gasteiger charge is -2.19. The lowest BCUT2D eigenvalue weighted by atomic mass is 10.1. The highest BCUT2D eigenvalue weighted by Crippen LogP contribution is 2.28. The predicted molar refractivity (Wildman–Crippen MR) is 87.8 cm³/mol. The predicted octanol–water partition coefficient (Wildman–Crippen LogP) is 2.57. The van der Waals surface area contributed by atoms with E-state index in [9.17, 15) is 14.9 Å². The van der Waals surface area contributed by atoms with E-state index >= 15 is 0 Å². The van der Waals surface area contributed by atoms with Crippen LogP contribution < -0.4 is 5.73 Å². The fraction of sp³-hybridized carbons (Fsp3) is 0.400. The minimum atomic E-state index is -0.470. The standard InChI is InChI=1S/C15H17N3O4.ClH/c1-9-4-10(7-16)8-17(9)15(19)14-6-11-5-12(18(20)21)2-3-13(11)22-14;/h2-3,5-6,9-10H,4,7-8,16H2,1H3;1H. The lowest BCUT2D eigenvalue weighted by Crippen LogP contribution is -2.34. The number of carbonyl (C=O) groups excluding carboxylic acids is 1. The third kappa shape index (κ3) is 3.16. The van der Waals surface area contributed by atoms with Gasteiger partial charge in [0.2, 0.25) is 0 Å². The minimum Gasteiger partial charge on any atom is -0.451 e. The number of halogens is 1. The minimum absolute atomic E-state index is 0. The molecule has 0 saturated carbocycles. The number of nitrogens with two attached hydrogens (primary N) is 1. The number of nitro groups is 1. The van der Waals surface area contributed by atoms with Crippen molar-refractivity contribution in [2.45, 2.75) is 19.4 Å². The van der Waals surface area contributed by atoms with E-state index in [1.807, 2.05) is 6.92 Å². The Hall–Kier alpha value is -2.12. The maximum atomic E-state index is 12.6. The summed E-state index contributed by atoms with van der Waals surface area (Å²) in [5, 5.41) is 11.3. The number of hydrogen-bond acceptors (Lipinski definition) is 5. The maximum Gasteiger partial charge on any atom is 0.289 e. The van der Waals surface area contributed by atoms with Crippen molar-refractivity contribution in [3.63, 3.8) is 0 Å². The number of amides is 1. The number of carbonyl (C=O) groups is 1. The molecule has 1 aromatic heterocycles. The number of hydrogen-bond donors (Lipinski definition) is 1. The van der Waals surface area contributed by atoms with Crippen molar-refractivity contribution in [3.8, 4) is 0 Å². The van der Waals surface area contributed by atoms with Crippen LogP contribution in [0.2, 0.25) is 0 Å². The van der Waals surface area contributed by atoms with Gasteiger partial charge in [0.1, 0.15) is 5.58 Å². The fourth-order valence-corrected chi connectivity index (χ4v) is 2.99. The average Bonchev–Trinajstić information content (AvgIpc) is 3.08. The van der Waals surface area contributed by atoms with Crippen LogP contribution in [0, 0.1) is 16.0 Å². The van der Waals surface area contributed by atoms with Crippen LogP contribution in [-0.4, -0.2) is 34.9 Å². The molecule has 2 heterocycles. The summed E-state index contributed by atoms with van der Waals surface area (Å²) in [5.41, 5.74) is 6.12. The summed E-state index contributed by atoms with van der Waals surface area (Å²) in [6, 6.07) is 5.96. The zero-order valence-electron chi connectivity index (χ0n) is 12.6. The molecule has 7 nitrogen and oxygen atoms in total. The van der Waals surface area contributed by atoms with E-state index in [-0.39, 0.29) is 35.8 Å². The number of furan rings is 1. The second-order valence-electron chi connectivity index (χ2n) is 5.73. The number of benzene rings is 1. The van der Waals surface area contributed by atoms with E-state index in [0.29, 0.717) is 30.0 Å². The highest BCUT2D eigenvalue weighted by Gasteiger charge is 2.33. The molecule has 1 amide bonds. The SMILES string of the molecule is CC1CC(CN)CN1C(=O)c1cc2cc([N+](=O)[O-])ccc2o1.Cl. The second-order valence-corrected chi connectivity index (χ2v) is 5.73. The quantitative estimate of drug-likeness (QED) is 0.683. The molecule has 1 saturated heterocycles. The molecule has 1 aliphatic heterocycles. The van der Waals surface area contributed by atoms with Crippen molar-refractivity contribution < 1.29 is 14.1 Å². The van der Waals surface area contributed by atoms with Crippen molar-refractivity contribution in [2.24, 2.45) is 11.7 Å². The maximum absolute atomic E-state index is 12.6. The Kier molecular flexibility index (Phi) is 4.91. The summed E-state index contributed by atoms with van der Waals surface area (Å²) in [7, 11) is 0. The van der Waals surface area contributed by atoms with Gasteiger partial charge in [-0.05, 0) is 37.9 Å². The van der Waals surface area contributed by atoms with E-state index in [1.54, 1.807) is 11.0 Å². The molecule has 124 valence electrons. The number of rotatable bonds is 3. The fourth-order valence-electron chi connectivity index (χ4n) is 2.99. The highest BCUT2D eigenvalue weighted by atomic mass is 35.5. The van der Waals surface area contributed by atoms with Crippen LogP contribution in [0.3, 0.4) is 0 Å². The van der Waals surface area contributed by atoms with Crippen LogP contribution in [-0.2, 0) is 0 Å². The zero-order chi connectivity index (χ0) is 15.9. The van der Waals surface area contributed by atoms with Gasteiger partial charge in [-0.2, -0.15) is 0 Å². The van der Waals surface area contributed by atoms with Gasteiger partial charge in [-0.25, -0.2) is 0 Å². The Balaban J connectivity index is 0.00000192. The molecule has 2 unspecified atom stereocenters. The molecule has 0 spiro atoms. The summed E-state index contributed by atoms with van der Waals surface area (Å²) in [6.07, 6.45) is 0.883. The van der Waals surface area contributed by atoms with Gasteiger partial charge in [0.05, 0.1) is 4.92 Å². The normalized spacial score (nSPS) is 20.5.